The van der Waals surface area contributed by atoms with Crippen molar-refractivity contribution in [1.29, 1.82) is 0 Å². The molecule has 0 unspecified atom stereocenters. The van der Waals surface area contributed by atoms with Gasteiger partial charge in [0, 0.05) is 17.1 Å². The summed E-state index contributed by atoms with van der Waals surface area (Å²) in [6.45, 7) is 1.92. The van der Waals surface area contributed by atoms with Crippen LogP contribution in [0, 0.1) is 0 Å². The Morgan fingerprint density at radius 3 is 2.94 bits per heavy atom. The fraction of sp³-hybridized carbons (Fsp3) is 0.364. The highest BCUT2D eigenvalue weighted by atomic mass is 32.2. The van der Waals surface area contributed by atoms with Crippen LogP contribution < -0.4 is 4.72 Å². The highest BCUT2D eigenvalue weighted by molar-refractivity contribution is 7.89. The van der Waals surface area contributed by atoms with E-state index in [-0.39, 0.29) is 10.4 Å². The summed E-state index contributed by atoms with van der Waals surface area (Å²) in [5, 5.41) is 2.78. The van der Waals surface area contributed by atoms with Gasteiger partial charge in [0.15, 0.2) is 0 Å². The van der Waals surface area contributed by atoms with Crippen LogP contribution in [0.3, 0.4) is 0 Å². The molecule has 0 aromatic carbocycles. The molecule has 1 fully saturated rings. The number of thiophene rings is 1. The molecule has 3 rings (SSSR count). The molecule has 0 atom stereocenters. The molecule has 2 aromatic rings. The second kappa shape index (κ2) is 3.51. The van der Waals surface area contributed by atoms with Crippen LogP contribution in [0.4, 0.5) is 0 Å². The summed E-state index contributed by atoms with van der Waals surface area (Å²) < 4.78 is 26.9. The zero-order valence-corrected chi connectivity index (χ0v) is 10.9. The van der Waals surface area contributed by atoms with Crippen molar-refractivity contribution in [2.45, 2.75) is 30.2 Å². The molecule has 6 heteroatoms. The van der Waals surface area contributed by atoms with Gasteiger partial charge in [0.2, 0.25) is 10.0 Å². The lowest BCUT2D eigenvalue weighted by Crippen LogP contribution is -2.34. The minimum Gasteiger partial charge on any atom is -0.244 e. The van der Waals surface area contributed by atoms with Gasteiger partial charge in [-0.15, -0.1) is 11.3 Å². The molecule has 1 aliphatic carbocycles. The number of rotatable bonds is 3. The highest BCUT2D eigenvalue weighted by Gasteiger charge is 2.41. The van der Waals surface area contributed by atoms with Crippen LogP contribution in [-0.2, 0) is 10.0 Å². The summed E-state index contributed by atoms with van der Waals surface area (Å²) in [6, 6.07) is 3.55. The highest BCUT2D eigenvalue weighted by Crippen LogP contribution is 2.36. The molecule has 0 bridgehead atoms. The van der Waals surface area contributed by atoms with Crippen molar-refractivity contribution in [3.63, 3.8) is 0 Å². The third-order valence-electron chi connectivity index (χ3n) is 2.97. The molecule has 1 aliphatic rings. The van der Waals surface area contributed by atoms with Gasteiger partial charge in [0.25, 0.3) is 0 Å². The largest absolute Gasteiger partial charge is 0.244 e. The lowest BCUT2D eigenvalue weighted by Gasteiger charge is -2.11. The summed E-state index contributed by atoms with van der Waals surface area (Å²) in [7, 11) is -3.43. The van der Waals surface area contributed by atoms with Crippen molar-refractivity contribution in [2.75, 3.05) is 0 Å². The van der Waals surface area contributed by atoms with Gasteiger partial charge < -0.3 is 0 Å². The topological polar surface area (TPSA) is 59.1 Å². The molecule has 0 spiro atoms. The number of sulfonamides is 1. The third kappa shape index (κ3) is 2.08. The average molecular weight is 268 g/mol. The molecule has 0 saturated heterocycles. The molecule has 2 heterocycles. The molecule has 0 radical (unpaired) electrons. The van der Waals surface area contributed by atoms with Gasteiger partial charge in [-0.2, -0.15) is 0 Å². The van der Waals surface area contributed by atoms with E-state index < -0.39 is 10.0 Å². The Labute approximate surface area is 104 Å². The van der Waals surface area contributed by atoms with E-state index in [1.165, 1.54) is 17.5 Å². The summed E-state index contributed by atoms with van der Waals surface area (Å²) in [5.74, 6) is 0. The Morgan fingerprint density at radius 2 is 2.24 bits per heavy atom. The van der Waals surface area contributed by atoms with Gasteiger partial charge in [0.05, 0.1) is 0 Å². The first-order valence-corrected chi connectivity index (χ1v) is 7.72. The SMILES string of the molecule is CC1(NS(=O)(=O)c2cnc3sccc3c2)CC1. The van der Waals surface area contributed by atoms with E-state index in [2.05, 4.69) is 9.71 Å². The van der Waals surface area contributed by atoms with E-state index in [4.69, 9.17) is 0 Å². The number of hydrogen-bond donors (Lipinski definition) is 1. The second-order valence-corrected chi connectivity index (χ2v) is 7.23. The van der Waals surface area contributed by atoms with Crippen molar-refractivity contribution in [1.82, 2.24) is 9.71 Å². The van der Waals surface area contributed by atoms with Crippen LogP contribution >= 0.6 is 11.3 Å². The predicted octanol–water partition coefficient (Wildman–Crippen LogP) is 2.13. The van der Waals surface area contributed by atoms with Gasteiger partial charge in [-0.3, -0.25) is 0 Å². The van der Waals surface area contributed by atoms with Gasteiger partial charge in [-0.1, -0.05) is 0 Å². The molecule has 1 saturated carbocycles. The molecule has 0 amide bonds. The molecular formula is C11H12N2O2S2. The quantitative estimate of drug-likeness (QED) is 0.927. The van der Waals surface area contributed by atoms with Crippen molar-refractivity contribution < 1.29 is 8.42 Å². The van der Waals surface area contributed by atoms with Gasteiger partial charge in [-0.05, 0) is 37.3 Å². The van der Waals surface area contributed by atoms with Crippen LogP contribution in [0.25, 0.3) is 10.2 Å². The molecular weight excluding hydrogens is 256 g/mol. The van der Waals surface area contributed by atoms with Gasteiger partial charge >= 0.3 is 0 Å². The lowest BCUT2D eigenvalue weighted by atomic mass is 10.3. The Balaban J connectivity index is 2.01. The number of nitrogens with one attached hydrogen (secondary N) is 1. The maximum atomic E-state index is 12.1. The molecule has 2 aromatic heterocycles. The van der Waals surface area contributed by atoms with Crippen molar-refractivity contribution >= 4 is 31.6 Å². The second-order valence-electron chi connectivity index (χ2n) is 4.65. The fourth-order valence-corrected chi connectivity index (χ4v) is 3.82. The standard InChI is InChI=1S/C11H12N2O2S2/c1-11(3-4-11)13-17(14,15)9-6-8-2-5-16-10(8)12-7-9/h2,5-7,13H,3-4H2,1H3. The molecule has 4 nitrogen and oxygen atoms in total. The number of aromatic nitrogens is 1. The summed E-state index contributed by atoms with van der Waals surface area (Å²) in [6.07, 6.45) is 3.23. The number of nitrogens with zero attached hydrogens (tertiary/aromatic N) is 1. The maximum absolute atomic E-state index is 12.1. The molecule has 90 valence electrons. The fourth-order valence-electron chi connectivity index (χ4n) is 1.66. The number of hydrogen-bond acceptors (Lipinski definition) is 4. The maximum Gasteiger partial charge on any atom is 0.242 e. The first-order chi connectivity index (χ1) is 7.99. The monoisotopic (exact) mass is 268 g/mol. The normalized spacial score (nSPS) is 18.4. The van der Waals surface area contributed by atoms with Crippen LogP contribution in [0.15, 0.2) is 28.6 Å². The first-order valence-electron chi connectivity index (χ1n) is 5.36. The van der Waals surface area contributed by atoms with E-state index in [0.29, 0.717) is 0 Å². The molecule has 1 N–H and O–H groups in total. The molecule has 0 aliphatic heterocycles. The zero-order chi connectivity index (χ0) is 12.1. The summed E-state index contributed by atoms with van der Waals surface area (Å²) >= 11 is 1.51. The van der Waals surface area contributed by atoms with E-state index >= 15 is 0 Å². The minimum atomic E-state index is -3.43. The van der Waals surface area contributed by atoms with Crippen molar-refractivity contribution in [3.05, 3.63) is 23.7 Å². The van der Waals surface area contributed by atoms with Gasteiger partial charge in [-0.25, -0.2) is 18.1 Å². The summed E-state index contributed by atoms with van der Waals surface area (Å²) in [4.78, 5) is 5.27. The Hall–Kier alpha value is -0.980. The van der Waals surface area contributed by atoms with Crippen LogP contribution in [0.2, 0.25) is 0 Å². The van der Waals surface area contributed by atoms with Crippen molar-refractivity contribution in [2.24, 2.45) is 0 Å². The third-order valence-corrected chi connectivity index (χ3v) is 5.41. The smallest absolute Gasteiger partial charge is 0.242 e. The van der Waals surface area contributed by atoms with Crippen LogP contribution in [0.5, 0.6) is 0 Å². The van der Waals surface area contributed by atoms with Crippen LogP contribution in [-0.4, -0.2) is 18.9 Å². The number of fused-ring (bicyclic) bond motifs is 1. The molecule has 17 heavy (non-hydrogen) atoms. The minimum absolute atomic E-state index is 0.247. The van der Waals surface area contributed by atoms with E-state index in [1.807, 2.05) is 18.4 Å². The predicted molar refractivity (Wildman–Crippen MR) is 67.6 cm³/mol. The average Bonchev–Trinajstić information content (AvgIpc) is 2.81. The van der Waals surface area contributed by atoms with Crippen molar-refractivity contribution in [3.8, 4) is 0 Å². The Bertz CT molecular complexity index is 672. The first kappa shape index (κ1) is 11.1. The van der Waals surface area contributed by atoms with Crippen LogP contribution in [0.1, 0.15) is 19.8 Å². The Morgan fingerprint density at radius 1 is 1.47 bits per heavy atom. The number of pyridine rings is 1. The van der Waals surface area contributed by atoms with E-state index in [9.17, 15) is 8.42 Å². The van der Waals surface area contributed by atoms with E-state index in [1.54, 1.807) is 6.07 Å². The van der Waals surface area contributed by atoms with Gasteiger partial charge in [0.1, 0.15) is 9.73 Å². The summed E-state index contributed by atoms with van der Waals surface area (Å²) in [5.41, 5.74) is -0.248. The Kier molecular flexibility index (Phi) is 2.30. The lowest BCUT2D eigenvalue weighted by molar-refractivity contribution is 0.558. The zero-order valence-electron chi connectivity index (χ0n) is 9.30. The van der Waals surface area contributed by atoms with E-state index in [0.717, 1.165) is 23.1 Å².